The summed E-state index contributed by atoms with van der Waals surface area (Å²) in [6.07, 6.45) is 0.476. The van der Waals surface area contributed by atoms with Crippen molar-refractivity contribution in [2.24, 2.45) is 0 Å². The standard InChI is InChI=1S/C18H17BrO3/c1-22-18(21)12-15(13-5-3-2-4-6-13)11-17(20)14-7-9-16(19)10-8-14/h2-10,15H,11-12H2,1H3/t15-/m0/s1. The van der Waals surface area contributed by atoms with E-state index in [1.165, 1.54) is 7.11 Å². The molecule has 0 radical (unpaired) electrons. The van der Waals surface area contributed by atoms with Crippen molar-refractivity contribution in [2.75, 3.05) is 7.11 Å². The van der Waals surface area contributed by atoms with Crippen molar-refractivity contribution >= 4 is 27.7 Å². The van der Waals surface area contributed by atoms with Gasteiger partial charge in [0.05, 0.1) is 13.5 Å². The molecule has 0 heterocycles. The molecule has 4 heteroatoms. The number of esters is 1. The van der Waals surface area contributed by atoms with Gasteiger partial charge in [0.15, 0.2) is 5.78 Å². The molecule has 0 saturated carbocycles. The molecular weight excluding hydrogens is 344 g/mol. The van der Waals surface area contributed by atoms with Crippen LogP contribution in [0.15, 0.2) is 59.1 Å². The molecule has 0 aromatic heterocycles. The van der Waals surface area contributed by atoms with Crippen LogP contribution in [0.5, 0.6) is 0 Å². The monoisotopic (exact) mass is 360 g/mol. The SMILES string of the molecule is COC(=O)C[C@H](CC(=O)c1ccc(Br)cc1)c1ccccc1. The summed E-state index contributed by atoms with van der Waals surface area (Å²) in [5, 5.41) is 0. The Morgan fingerprint density at radius 1 is 1.00 bits per heavy atom. The Morgan fingerprint density at radius 3 is 2.23 bits per heavy atom. The number of ether oxygens (including phenoxy) is 1. The number of rotatable bonds is 6. The number of benzene rings is 2. The predicted octanol–water partition coefficient (Wildman–Crippen LogP) is 4.37. The zero-order valence-electron chi connectivity index (χ0n) is 12.3. The lowest BCUT2D eigenvalue weighted by Gasteiger charge is -2.15. The fourth-order valence-electron chi connectivity index (χ4n) is 2.30. The van der Waals surface area contributed by atoms with Crippen molar-refractivity contribution in [3.05, 3.63) is 70.2 Å². The molecule has 0 unspecified atom stereocenters. The first-order chi connectivity index (χ1) is 10.6. The molecule has 3 nitrogen and oxygen atoms in total. The fourth-order valence-corrected chi connectivity index (χ4v) is 2.56. The van der Waals surface area contributed by atoms with Gasteiger partial charge in [-0.25, -0.2) is 0 Å². The zero-order valence-corrected chi connectivity index (χ0v) is 13.9. The van der Waals surface area contributed by atoms with Crippen LogP contribution in [-0.2, 0) is 9.53 Å². The lowest BCUT2D eigenvalue weighted by Crippen LogP contribution is -2.13. The molecule has 0 N–H and O–H groups in total. The van der Waals surface area contributed by atoms with E-state index in [9.17, 15) is 9.59 Å². The third-order valence-corrected chi connectivity index (χ3v) is 4.04. The van der Waals surface area contributed by atoms with Crippen molar-refractivity contribution in [1.29, 1.82) is 0 Å². The molecule has 0 amide bonds. The molecule has 0 saturated heterocycles. The summed E-state index contributed by atoms with van der Waals surface area (Å²) < 4.78 is 5.68. The molecule has 2 aromatic rings. The average molecular weight is 361 g/mol. The fraction of sp³-hybridized carbons (Fsp3) is 0.222. The average Bonchev–Trinajstić information content (AvgIpc) is 2.55. The van der Waals surface area contributed by atoms with Crippen molar-refractivity contribution in [1.82, 2.24) is 0 Å². The highest BCUT2D eigenvalue weighted by molar-refractivity contribution is 9.10. The van der Waals surface area contributed by atoms with Crippen LogP contribution in [0.25, 0.3) is 0 Å². The molecule has 0 bridgehead atoms. The Morgan fingerprint density at radius 2 is 1.64 bits per heavy atom. The highest BCUT2D eigenvalue weighted by Gasteiger charge is 2.20. The van der Waals surface area contributed by atoms with Gasteiger partial charge in [0, 0.05) is 22.4 Å². The van der Waals surface area contributed by atoms with Gasteiger partial charge in [-0.05, 0) is 17.7 Å². The minimum absolute atomic E-state index is 0.0188. The minimum Gasteiger partial charge on any atom is -0.469 e. The Balaban J connectivity index is 2.17. The van der Waals surface area contributed by atoms with Crippen LogP contribution in [0, 0.1) is 0 Å². The van der Waals surface area contributed by atoms with E-state index < -0.39 is 0 Å². The number of carbonyl (C=O) groups excluding carboxylic acids is 2. The van der Waals surface area contributed by atoms with Crippen LogP contribution >= 0.6 is 15.9 Å². The minimum atomic E-state index is -0.308. The van der Waals surface area contributed by atoms with Crippen LogP contribution in [0.2, 0.25) is 0 Å². The Hall–Kier alpha value is -1.94. The quantitative estimate of drug-likeness (QED) is 0.567. The maximum Gasteiger partial charge on any atom is 0.306 e. The van der Waals surface area contributed by atoms with Gasteiger partial charge in [0.2, 0.25) is 0 Å². The topological polar surface area (TPSA) is 43.4 Å². The molecule has 2 aromatic carbocycles. The number of Topliss-reactive ketones (excluding diaryl/α,β-unsaturated/α-hetero) is 1. The first-order valence-electron chi connectivity index (χ1n) is 7.00. The van der Waals surface area contributed by atoms with Crippen molar-refractivity contribution < 1.29 is 14.3 Å². The normalized spacial score (nSPS) is 11.7. The van der Waals surface area contributed by atoms with Gasteiger partial charge in [0.1, 0.15) is 0 Å². The van der Waals surface area contributed by atoms with Crippen molar-refractivity contribution in [3.8, 4) is 0 Å². The molecule has 0 aliphatic heterocycles. The second-order valence-electron chi connectivity index (χ2n) is 5.02. The molecule has 0 fully saturated rings. The van der Waals surface area contributed by atoms with Gasteiger partial charge in [-0.2, -0.15) is 0 Å². The molecule has 0 aliphatic carbocycles. The maximum atomic E-state index is 12.4. The van der Waals surface area contributed by atoms with Gasteiger partial charge in [-0.1, -0.05) is 58.4 Å². The Kier molecular flexibility index (Phi) is 5.90. The van der Waals surface area contributed by atoms with Crippen LogP contribution in [0.1, 0.15) is 34.7 Å². The van der Waals surface area contributed by atoms with Gasteiger partial charge in [0.25, 0.3) is 0 Å². The van der Waals surface area contributed by atoms with E-state index >= 15 is 0 Å². The van der Waals surface area contributed by atoms with Gasteiger partial charge < -0.3 is 4.74 Å². The van der Waals surface area contributed by atoms with Gasteiger partial charge in [-0.3, -0.25) is 9.59 Å². The summed E-state index contributed by atoms with van der Waals surface area (Å²) in [5.41, 5.74) is 1.62. The lowest BCUT2D eigenvalue weighted by atomic mass is 9.89. The number of halogens is 1. The lowest BCUT2D eigenvalue weighted by molar-refractivity contribution is -0.141. The Labute approximate surface area is 138 Å². The highest BCUT2D eigenvalue weighted by atomic mass is 79.9. The van der Waals surface area contributed by atoms with Crippen molar-refractivity contribution in [2.45, 2.75) is 18.8 Å². The van der Waals surface area contributed by atoms with E-state index in [-0.39, 0.29) is 30.5 Å². The largest absolute Gasteiger partial charge is 0.469 e. The third-order valence-electron chi connectivity index (χ3n) is 3.51. The number of ketones is 1. The number of hydrogen-bond acceptors (Lipinski definition) is 3. The van der Waals surface area contributed by atoms with E-state index in [0.29, 0.717) is 5.56 Å². The van der Waals surface area contributed by atoms with Crippen molar-refractivity contribution in [3.63, 3.8) is 0 Å². The molecular formula is C18H17BrO3. The summed E-state index contributed by atoms with van der Waals surface area (Å²) >= 11 is 3.35. The Bertz CT molecular complexity index is 635. The summed E-state index contributed by atoms with van der Waals surface area (Å²) in [6, 6.07) is 16.8. The van der Waals surface area contributed by atoms with E-state index in [1.54, 1.807) is 12.1 Å². The number of carbonyl (C=O) groups is 2. The van der Waals surface area contributed by atoms with Crippen LogP contribution in [-0.4, -0.2) is 18.9 Å². The molecule has 2 rings (SSSR count). The highest BCUT2D eigenvalue weighted by Crippen LogP contribution is 2.26. The third kappa shape index (κ3) is 4.53. The van der Waals surface area contributed by atoms with Crippen LogP contribution in [0.4, 0.5) is 0 Å². The molecule has 114 valence electrons. The molecule has 0 aliphatic rings. The van der Waals surface area contributed by atoms with E-state index in [2.05, 4.69) is 15.9 Å². The molecule has 1 atom stereocenters. The second-order valence-corrected chi connectivity index (χ2v) is 5.94. The number of methoxy groups -OCH3 is 1. The summed E-state index contributed by atoms with van der Waals surface area (Å²) in [6.45, 7) is 0. The summed E-state index contributed by atoms with van der Waals surface area (Å²) in [7, 11) is 1.36. The van der Waals surface area contributed by atoms with E-state index in [0.717, 1.165) is 10.0 Å². The van der Waals surface area contributed by atoms with Crippen LogP contribution in [0.3, 0.4) is 0 Å². The van der Waals surface area contributed by atoms with E-state index in [4.69, 9.17) is 4.74 Å². The zero-order chi connectivity index (χ0) is 15.9. The summed E-state index contributed by atoms with van der Waals surface area (Å²) in [5.74, 6) is -0.465. The second kappa shape index (κ2) is 7.90. The van der Waals surface area contributed by atoms with Gasteiger partial charge in [-0.15, -0.1) is 0 Å². The number of hydrogen-bond donors (Lipinski definition) is 0. The first-order valence-corrected chi connectivity index (χ1v) is 7.80. The maximum absolute atomic E-state index is 12.4. The smallest absolute Gasteiger partial charge is 0.306 e. The molecule has 22 heavy (non-hydrogen) atoms. The van der Waals surface area contributed by atoms with Crippen LogP contribution < -0.4 is 0 Å². The van der Waals surface area contributed by atoms with Gasteiger partial charge >= 0.3 is 5.97 Å². The summed E-state index contributed by atoms with van der Waals surface area (Å²) in [4.78, 5) is 24.1. The molecule has 0 spiro atoms. The first kappa shape index (κ1) is 16.4. The van der Waals surface area contributed by atoms with E-state index in [1.807, 2.05) is 42.5 Å². The predicted molar refractivity (Wildman–Crippen MR) is 88.9 cm³/mol.